The summed E-state index contributed by atoms with van der Waals surface area (Å²) in [6.45, 7) is 6.24. The van der Waals surface area contributed by atoms with Crippen molar-refractivity contribution in [1.82, 2.24) is 24.5 Å². The number of aromatic nitrogens is 4. The standard InChI is InChI=1S/C23H29N7O2S/c1-33-17-7-21(31)28-9-11-29(12-10-28)23-25-22-24-8-6-20(30(22)26-23)18-2-4-19(5-3-18)27-13-15-32-16-14-27/h2-6,8H,7,9-17H2,1H3. The van der Waals surface area contributed by atoms with E-state index in [1.54, 1.807) is 18.0 Å². The first-order chi connectivity index (χ1) is 16.2. The molecule has 10 heteroatoms. The number of piperazine rings is 1. The summed E-state index contributed by atoms with van der Waals surface area (Å²) in [6, 6.07) is 10.5. The van der Waals surface area contributed by atoms with Gasteiger partial charge in [0.15, 0.2) is 0 Å². The van der Waals surface area contributed by atoms with E-state index in [1.165, 1.54) is 5.69 Å². The fraction of sp³-hybridized carbons (Fsp3) is 0.478. The van der Waals surface area contributed by atoms with Crippen molar-refractivity contribution in [3.63, 3.8) is 0 Å². The molecule has 2 aliphatic rings. The summed E-state index contributed by atoms with van der Waals surface area (Å²) in [5.74, 6) is 2.35. The Bertz CT molecular complexity index is 1090. The van der Waals surface area contributed by atoms with Gasteiger partial charge >= 0.3 is 0 Å². The van der Waals surface area contributed by atoms with Crippen molar-refractivity contribution in [3.8, 4) is 11.3 Å². The zero-order valence-electron chi connectivity index (χ0n) is 18.9. The zero-order valence-corrected chi connectivity index (χ0v) is 19.7. The molecule has 33 heavy (non-hydrogen) atoms. The van der Waals surface area contributed by atoms with E-state index < -0.39 is 0 Å². The first-order valence-corrected chi connectivity index (χ1v) is 12.8. The molecule has 0 aliphatic carbocycles. The van der Waals surface area contributed by atoms with Crippen LogP contribution >= 0.6 is 11.8 Å². The van der Waals surface area contributed by atoms with Gasteiger partial charge in [0, 0.05) is 68.9 Å². The lowest BCUT2D eigenvalue weighted by molar-refractivity contribution is -0.131. The van der Waals surface area contributed by atoms with Gasteiger partial charge in [-0.1, -0.05) is 12.1 Å². The van der Waals surface area contributed by atoms with Gasteiger partial charge in [-0.05, 0) is 24.5 Å². The highest BCUT2D eigenvalue weighted by Crippen LogP contribution is 2.25. The van der Waals surface area contributed by atoms with E-state index in [1.807, 2.05) is 21.7 Å². The molecule has 9 nitrogen and oxygen atoms in total. The largest absolute Gasteiger partial charge is 0.378 e. The molecule has 0 saturated carbocycles. The molecule has 2 aromatic heterocycles. The molecule has 2 aliphatic heterocycles. The number of nitrogens with zero attached hydrogens (tertiary/aromatic N) is 7. The molecule has 0 N–H and O–H groups in total. The van der Waals surface area contributed by atoms with E-state index in [4.69, 9.17) is 9.84 Å². The molecule has 0 atom stereocenters. The average molecular weight is 468 g/mol. The van der Waals surface area contributed by atoms with Gasteiger partial charge < -0.3 is 19.4 Å². The second kappa shape index (κ2) is 9.96. The molecule has 0 bridgehead atoms. The molecular weight excluding hydrogens is 438 g/mol. The van der Waals surface area contributed by atoms with Crippen LogP contribution in [-0.2, 0) is 9.53 Å². The second-order valence-corrected chi connectivity index (χ2v) is 9.20. The third-order valence-corrected chi connectivity index (χ3v) is 6.82. The lowest BCUT2D eigenvalue weighted by Gasteiger charge is -2.34. The Hall–Kier alpha value is -2.85. The third-order valence-electron chi connectivity index (χ3n) is 6.20. The number of benzene rings is 1. The molecule has 174 valence electrons. The van der Waals surface area contributed by atoms with Crippen LogP contribution in [0.15, 0.2) is 36.5 Å². The van der Waals surface area contributed by atoms with Gasteiger partial charge in [0.2, 0.25) is 11.9 Å². The Labute approximate surface area is 197 Å². The van der Waals surface area contributed by atoms with Gasteiger partial charge in [-0.2, -0.15) is 21.3 Å². The summed E-state index contributed by atoms with van der Waals surface area (Å²) in [4.78, 5) is 27.8. The number of amides is 1. The van der Waals surface area contributed by atoms with Crippen LogP contribution in [-0.4, -0.2) is 94.9 Å². The molecule has 2 fully saturated rings. The highest BCUT2D eigenvalue weighted by molar-refractivity contribution is 7.98. The third kappa shape index (κ3) is 4.77. The maximum atomic E-state index is 12.3. The van der Waals surface area contributed by atoms with Crippen molar-refractivity contribution < 1.29 is 9.53 Å². The Kier molecular flexibility index (Phi) is 6.63. The summed E-state index contributed by atoms with van der Waals surface area (Å²) in [6.07, 6.45) is 4.41. The van der Waals surface area contributed by atoms with E-state index in [0.717, 1.165) is 56.4 Å². The van der Waals surface area contributed by atoms with E-state index in [-0.39, 0.29) is 5.91 Å². The minimum atomic E-state index is 0.233. The summed E-state index contributed by atoms with van der Waals surface area (Å²) in [5.41, 5.74) is 3.23. The summed E-state index contributed by atoms with van der Waals surface area (Å²) in [5, 5.41) is 4.78. The lowest BCUT2D eigenvalue weighted by Crippen LogP contribution is -2.49. The quantitative estimate of drug-likeness (QED) is 0.545. The molecule has 0 radical (unpaired) electrons. The molecule has 3 aromatic rings. The lowest BCUT2D eigenvalue weighted by atomic mass is 10.1. The Morgan fingerprint density at radius 3 is 2.48 bits per heavy atom. The second-order valence-electron chi connectivity index (χ2n) is 8.21. The number of fused-ring (bicyclic) bond motifs is 1. The van der Waals surface area contributed by atoms with Crippen molar-refractivity contribution in [2.45, 2.75) is 6.42 Å². The van der Waals surface area contributed by atoms with Gasteiger partial charge in [-0.25, -0.2) is 4.98 Å². The van der Waals surface area contributed by atoms with Crippen LogP contribution in [0.1, 0.15) is 6.42 Å². The van der Waals surface area contributed by atoms with Crippen LogP contribution < -0.4 is 9.80 Å². The van der Waals surface area contributed by atoms with E-state index in [0.29, 0.717) is 31.2 Å². The number of thioether (sulfide) groups is 1. The van der Waals surface area contributed by atoms with E-state index in [2.05, 4.69) is 44.0 Å². The maximum Gasteiger partial charge on any atom is 0.254 e. The molecule has 0 unspecified atom stereocenters. The van der Waals surface area contributed by atoms with Crippen molar-refractivity contribution in [3.05, 3.63) is 36.5 Å². The monoisotopic (exact) mass is 467 g/mol. The Morgan fingerprint density at radius 1 is 1.00 bits per heavy atom. The fourth-order valence-corrected chi connectivity index (χ4v) is 4.68. The highest BCUT2D eigenvalue weighted by Gasteiger charge is 2.24. The first kappa shape index (κ1) is 22.0. The molecule has 5 rings (SSSR count). The normalized spacial score (nSPS) is 17.1. The summed E-state index contributed by atoms with van der Waals surface area (Å²) >= 11 is 1.71. The van der Waals surface area contributed by atoms with E-state index >= 15 is 0 Å². The number of carbonyl (C=O) groups excluding carboxylic acids is 1. The van der Waals surface area contributed by atoms with Gasteiger partial charge in [-0.15, -0.1) is 5.10 Å². The number of hydrogen-bond donors (Lipinski definition) is 0. The van der Waals surface area contributed by atoms with Crippen molar-refractivity contribution >= 4 is 35.1 Å². The van der Waals surface area contributed by atoms with Crippen LogP contribution in [0.25, 0.3) is 17.0 Å². The predicted molar refractivity (Wildman–Crippen MR) is 131 cm³/mol. The van der Waals surface area contributed by atoms with Crippen LogP contribution in [0.4, 0.5) is 11.6 Å². The average Bonchev–Trinajstić information content (AvgIpc) is 3.33. The Morgan fingerprint density at radius 2 is 1.76 bits per heavy atom. The number of anilines is 2. The molecule has 2 saturated heterocycles. The van der Waals surface area contributed by atoms with Crippen molar-refractivity contribution in [1.29, 1.82) is 0 Å². The van der Waals surface area contributed by atoms with Crippen LogP contribution in [0.2, 0.25) is 0 Å². The van der Waals surface area contributed by atoms with Gasteiger partial charge in [-0.3, -0.25) is 4.79 Å². The fourth-order valence-electron chi connectivity index (χ4n) is 4.30. The molecule has 1 aromatic carbocycles. The number of morpholine rings is 1. The first-order valence-electron chi connectivity index (χ1n) is 11.4. The maximum absolute atomic E-state index is 12.3. The van der Waals surface area contributed by atoms with Crippen LogP contribution in [0.3, 0.4) is 0 Å². The number of hydrogen-bond acceptors (Lipinski definition) is 8. The van der Waals surface area contributed by atoms with Crippen LogP contribution in [0.5, 0.6) is 0 Å². The number of ether oxygens (including phenoxy) is 1. The number of rotatable bonds is 6. The smallest absolute Gasteiger partial charge is 0.254 e. The zero-order chi connectivity index (χ0) is 22.6. The molecular formula is C23H29N7O2S. The molecule has 4 heterocycles. The minimum Gasteiger partial charge on any atom is -0.378 e. The topological polar surface area (TPSA) is 79.1 Å². The number of carbonyl (C=O) groups is 1. The molecule has 1 amide bonds. The summed E-state index contributed by atoms with van der Waals surface area (Å²) in [7, 11) is 0. The molecule has 0 spiro atoms. The predicted octanol–water partition coefficient (Wildman–Crippen LogP) is 2.03. The van der Waals surface area contributed by atoms with Gasteiger partial charge in [0.05, 0.1) is 18.9 Å². The van der Waals surface area contributed by atoms with E-state index in [9.17, 15) is 4.79 Å². The van der Waals surface area contributed by atoms with Crippen molar-refractivity contribution in [2.24, 2.45) is 0 Å². The summed E-state index contributed by atoms with van der Waals surface area (Å²) < 4.78 is 7.27. The van der Waals surface area contributed by atoms with Crippen LogP contribution in [0, 0.1) is 0 Å². The highest BCUT2D eigenvalue weighted by atomic mass is 32.2. The van der Waals surface area contributed by atoms with Gasteiger partial charge in [0.1, 0.15) is 0 Å². The SMILES string of the molecule is CSCCC(=O)N1CCN(c2nc3nccc(-c4ccc(N5CCOCC5)cc4)n3n2)CC1. The van der Waals surface area contributed by atoms with Crippen molar-refractivity contribution in [2.75, 3.05) is 74.3 Å². The van der Waals surface area contributed by atoms with Gasteiger partial charge in [0.25, 0.3) is 5.78 Å². The Balaban J connectivity index is 1.31. The minimum absolute atomic E-state index is 0.233.